The molecule has 1 unspecified atom stereocenters. The van der Waals surface area contributed by atoms with Crippen molar-refractivity contribution in [2.75, 3.05) is 26.8 Å². The van der Waals surface area contributed by atoms with Gasteiger partial charge in [0, 0.05) is 20.2 Å². The van der Waals surface area contributed by atoms with Gasteiger partial charge in [-0.05, 0) is 30.9 Å². The summed E-state index contributed by atoms with van der Waals surface area (Å²) in [5, 5.41) is 6.74. The monoisotopic (exact) mass is 339 g/mol. The van der Waals surface area contributed by atoms with Crippen molar-refractivity contribution in [3.8, 4) is 0 Å². The molecule has 0 saturated heterocycles. The molecule has 0 fully saturated rings. The predicted octanol–water partition coefficient (Wildman–Crippen LogP) is 3.56. The zero-order chi connectivity index (χ0) is 17.7. The van der Waals surface area contributed by atoms with E-state index in [1.165, 1.54) is 11.1 Å². The van der Waals surface area contributed by atoms with Crippen LogP contribution in [0.5, 0.6) is 0 Å². The van der Waals surface area contributed by atoms with Gasteiger partial charge in [0.15, 0.2) is 5.96 Å². The molecule has 2 aromatic rings. The summed E-state index contributed by atoms with van der Waals surface area (Å²) in [5.41, 5.74) is 2.56. The van der Waals surface area contributed by atoms with E-state index in [4.69, 9.17) is 4.74 Å². The molecular formula is C21H29N3O. The Labute approximate surface area is 151 Å². The summed E-state index contributed by atoms with van der Waals surface area (Å²) in [5.74, 6) is 0.820. The molecule has 0 radical (unpaired) electrons. The summed E-state index contributed by atoms with van der Waals surface area (Å²) >= 11 is 0. The molecule has 1 atom stereocenters. The molecule has 25 heavy (non-hydrogen) atoms. The smallest absolute Gasteiger partial charge is 0.191 e. The van der Waals surface area contributed by atoms with Crippen molar-refractivity contribution in [1.82, 2.24) is 10.6 Å². The van der Waals surface area contributed by atoms with Crippen LogP contribution in [0.4, 0.5) is 0 Å². The number of hydrogen-bond acceptors (Lipinski definition) is 2. The number of hydrogen-bond donors (Lipinski definition) is 2. The van der Waals surface area contributed by atoms with E-state index in [1.807, 2.05) is 12.1 Å². The summed E-state index contributed by atoms with van der Waals surface area (Å²) in [4.78, 5) is 4.28. The third-order valence-corrected chi connectivity index (χ3v) is 4.01. The standard InChI is InChI=1S/C21H29N3O/c1-18(20-12-7-4-8-13-20)24-21(22-2)23-15-9-16-25-17-14-19-10-5-3-6-11-19/h3-8,10-13,18H,9,14-17H2,1-2H3,(H2,22,23,24). The molecule has 4 heteroatoms. The highest BCUT2D eigenvalue weighted by molar-refractivity contribution is 5.80. The van der Waals surface area contributed by atoms with Crippen LogP contribution in [0.1, 0.15) is 30.5 Å². The van der Waals surface area contributed by atoms with E-state index in [0.717, 1.165) is 38.6 Å². The van der Waals surface area contributed by atoms with Gasteiger partial charge in [-0.1, -0.05) is 60.7 Å². The first-order valence-electron chi connectivity index (χ1n) is 8.93. The second-order valence-corrected chi connectivity index (χ2v) is 5.98. The van der Waals surface area contributed by atoms with Gasteiger partial charge < -0.3 is 15.4 Å². The molecule has 0 saturated carbocycles. The topological polar surface area (TPSA) is 45.7 Å². The third kappa shape index (κ3) is 7.40. The first-order chi connectivity index (χ1) is 12.3. The lowest BCUT2D eigenvalue weighted by molar-refractivity contribution is 0.135. The Morgan fingerprint density at radius 3 is 2.36 bits per heavy atom. The van der Waals surface area contributed by atoms with Gasteiger partial charge in [-0.3, -0.25) is 4.99 Å². The molecule has 2 aromatic carbocycles. The maximum atomic E-state index is 5.70. The van der Waals surface area contributed by atoms with Crippen LogP contribution >= 0.6 is 0 Å². The lowest BCUT2D eigenvalue weighted by atomic mass is 10.1. The minimum Gasteiger partial charge on any atom is -0.381 e. The van der Waals surface area contributed by atoms with Gasteiger partial charge in [-0.15, -0.1) is 0 Å². The summed E-state index contributed by atoms with van der Waals surface area (Å²) < 4.78 is 5.70. The van der Waals surface area contributed by atoms with Crippen molar-refractivity contribution >= 4 is 5.96 Å². The normalized spacial score (nSPS) is 12.6. The second kappa shape index (κ2) is 11.3. The van der Waals surface area contributed by atoms with Gasteiger partial charge in [0.05, 0.1) is 12.6 Å². The van der Waals surface area contributed by atoms with E-state index >= 15 is 0 Å². The van der Waals surface area contributed by atoms with Crippen LogP contribution in [0.2, 0.25) is 0 Å². The van der Waals surface area contributed by atoms with Crippen LogP contribution in [0.15, 0.2) is 65.7 Å². The van der Waals surface area contributed by atoms with E-state index in [2.05, 4.69) is 71.1 Å². The Bertz CT molecular complexity index is 614. The van der Waals surface area contributed by atoms with Crippen LogP contribution in [-0.2, 0) is 11.2 Å². The zero-order valence-corrected chi connectivity index (χ0v) is 15.2. The van der Waals surface area contributed by atoms with E-state index in [-0.39, 0.29) is 6.04 Å². The Morgan fingerprint density at radius 2 is 1.68 bits per heavy atom. The summed E-state index contributed by atoms with van der Waals surface area (Å²) in [6.45, 7) is 4.49. The Hall–Kier alpha value is -2.33. The van der Waals surface area contributed by atoms with E-state index in [0.29, 0.717) is 0 Å². The third-order valence-electron chi connectivity index (χ3n) is 4.01. The number of benzene rings is 2. The molecule has 134 valence electrons. The first-order valence-corrected chi connectivity index (χ1v) is 8.93. The van der Waals surface area contributed by atoms with Crippen LogP contribution in [0.25, 0.3) is 0 Å². The van der Waals surface area contributed by atoms with Crippen molar-refractivity contribution in [2.24, 2.45) is 4.99 Å². The molecule has 0 aliphatic carbocycles. The molecule has 0 aliphatic heterocycles. The number of nitrogens with zero attached hydrogens (tertiary/aromatic N) is 1. The van der Waals surface area contributed by atoms with Crippen molar-refractivity contribution in [3.05, 3.63) is 71.8 Å². The quantitative estimate of drug-likeness (QED) is 0.417. The first kappa shape index (κ1) is 19.0. The van der Waals surface area contributed by atoms with Gasteiger partial charge in [0.1, 0.15) is 0 Å². The average molecular weight is 339 g/mol. The van der Waals surface area contributed by atoms with Gasteiger partial charge in [-0.25, -0.2) is 0 Å². The Kier molecular flexibility index (Phi) is 8.56. The molecule has 0 amide bonds. The SMILES string of the molecule is CN=C(NCCCOCCc1ccccc1)NC(C)c1ccccc1. The maximum absolute atomic E-state index is 5.70. The maximum Gasteiger partial charge on any atom is 0.191 e. The van der Waals surface area contributed by atoms with Crippen molar-refractivity contribution < 1.29 is 4.74 Å². The summed E-state index contributed by atoms with van der Waals surface area (Å²) in [6.07, 6.45) is 1.92. The second-order valence-electron chi connectivity index (χ2n) is 5.98. The molecule has 0 aliphatic rings. The molecular weight excluding hydrogens is 310 g/mol. The van der Waals surface area contributed by atoms with E-state index < -0.39 is 0 Å². The fourth-order valence-corrected chi connectivity index (χ4v) is 2.54. The lowest BCUT2D eigenvalue weighted by Crippen LogP contribution is -2.39. The van der Waals surface area contributed by atoms with E-state index in [1.54, 1.807) is 7.05 Å². The van der Waals surface area contributed by atoms with Crippen molar-refractivity contribution in [1.29, 1.82) is 0 Å². The van der Waals surface area contributed by atoms with Crippen LogP contribution in [0, 0.1) is 0 Å². The highest BCUT2D eigenvalue weighted by Crippen LogP contribution is 2.10. The number of guanidine groups is 1. The van der Waals surface area contributed by atoms with E-state index in [9.17, 15) is 0 Å². The Morgan fingerprint density at radius 1 is 1.00 bits per heavy atom. The minimum atomic E-state index is 0.217. The average Bonchev–Trinajstić information content (AvgIpc) is 2.67. The fraction of sp³-hybridized carbons (Fsp3) is 0.381. The van der Waals surface area contributed by atoms with Gasteiger partial charge in [-0.2, -0.15) is 0 Å². The van der Waals surface area contributed by atoms with Gasteiger partial charge in [0.2, 0.25) is 0 Å². The van der Waals surface area contributed by atoms with Crippen LogP contribution < -0.4 is 10.6 Å². The highest BCUT2D eigenvalue weighted by Gasteiger charge is 2.06. The molecule has 0 heterocycles. The lowest BCUT2D eigenvalue weighted by Gasteiger charge is -2.18. The number of aliphatic imine (C=N–C) groups is 1. The van der Waals surface area contributed by atoms with Gasteiger partial charge >= 0.3 is 0 Å². The molecule has 2 N–H and O–H groups in total. The van der Waals surface area contributed by atoms with Crippen LogP contribution in [-0.4, -0.2) is 32.8 Å². The summed E-state index contributed by atoms with van der Waals surface area (Å²) in [7, 11) is 1.80. The zero-order valence-electron chi connectivity index (χ0n) is 15.2. The number of rotatable bonds is 9. The molecule has 2 rings (SSSR count). The molecule has 4 nitrogen and oxygen atoms in total. The Balaban J connectivity index is 1.57. The van der Waals surface area contributed by atoms with Gasteiger partial charge in [0.25, 0.3) is 0 Å². The fourth-order valence-electron chi connectivity index (χ4n) is 2.54. The largest absolute Gasteiger partial charge is 0.381 e. The molecule has 0 bridgehead atoms. The minimum absolute atomic E-state index is 0.217. The number of nitrogens with one attached hydrogen (secondary N) is 2. The number of ether oxygens (including phenoxy) is 1. The molecule has 0 spiro atoms. The van der Waals surface area contributed by atoms with Crippen molar-refractivity contribution in [2.45, 2.75) is 25.8 Å². The summed E-state index contributed by atoms with van der Waals surface area (Å²) in [6, 6.07) is 21.0. The van der Waals surface area contributed by atoms with Crippen LogP contribution in [0.3, 0.4) is 0 Å². The highest BCUT2D eigenvalue weighted by atomic mass is 16.5. The van der Waals surface area contributed by atoms with Crippen molar-refractivity contribution in [3.63, 3.8) is 0 Å². The predicted molar refractivity (Wildman–Crippen MR) is 105 cm³/mol. The molecule has 0 aromatic heterocycles.